The molecular formula is C19H30N3O3S+. The molecule has 1 aromatic carbocycles. The summed E-state index contributed by atoms with van der Waals surface area (Å²) in [7, 11) is -2.97. The number of anilines is 1. The van der Waals surface area contributed by atoms with Gasteiger partial charge in [-0.15, -0.1) is 0 Å². The van der Waals surface area contributed by atoms with Crippen LogP contribution in [-0.2, 0) is 14.6 Å². The van der Waals surface area contributed by atoms with Crippen molar-refractivity contribution in [2.75, 3.05) is 55.7 Å². The van der Waals surface area contributed by atoms with Crippen LogP contribution in [0.15, 0.2) is 24.3 Å². The Morgan fingerprint density at radius 1 is 1.27 bits per heavy atom. The number of carbonyl (C=O) groups excluding carboxylic acids is 1. The number of carbonyl (C=O) groups is 1. The molecule has 0 saturated carbocycles. The lowest BCUT2D eigenvalue weighted by atomic mass is 10.1. The summed E-state index contributed by atoms with van der Waals surface area (Å²) in [5.74, 6) is 0.431. The zero-order chi connectivity index (χ0) is 18.7. The van der Waals surface area contributed by atoms with E-state index in [1.54, 1.807) is 4.90 Å². The Bertz CT molecular complexity index is 742. The van der Waals surface area contributed by atoms with Crippen LogP contribution in [0.1, 0.15) is 18.9 Å². The second-order valence-electron chi connectivity index (χ2n) is 7.44. The summed E-state index contributed by atoms with van der Waals surface area (Å²) in [6.45, 7) is 8.87. The molecule has 2 aliphatic rings. The minimum absolute atomic E-state index is 0.0916. The number of sulfone groups is 1. The van der Waals surface area contributed by atoms with Crippen LogP contribution in [0.2, 0.25) is 0 Å². The molecule has 2 fully saturated rings. The maximum Gasteiger partial charge on any atom is 0.278 e. The van der Waals surface area contributed by atoms with Gasteiger partial charge in [0.2, 0.25) is 0 Å². The van der Waals surface area contributed by atoms with Crippen molar-refractivity contribution in [3.63, 3.8) is 0 Å². The molecule has 1 atom stereocenters. The number of nitrogens with one attached hydrogen (secondary N) is 1. The third-order valence-corrected chi connectivity index (χ3v) is 7.39. The molecule has 7 heteroatoms. The van der Waals surface area contributed by atoms with Crippen molar-refractivity contribution in [1.29, 1.82) is 0 Å². The SMILES string of the molecule is CCN(C(=O)C[NH+]1CCN(c2ccccc2C)CC1)[C@H]1CCS(=O)(=O)C1. The molecule has 1 aromatic rings. The smallest absolute Gasteiger partial charge is 0.278 e. The van der Waals surface area contributed by atoms with E-state index in [0.717, 1.165) is 26.2 Å². The molecule has 3 rings (SSSR count). The number of para-hydroxylation sites is 1. The summed E-state index contributed by atoms with van der Waals surface area (Å²) in [6, 6.07) is 8.28. The molecule has 0 radical (unpaired) electrons. The van der Waals surface area contributed by atoms with Crippen molar-refractivity contribution < 1.29 is 18.1 Å². The Morgan fingerprint density at radius 3 is 2.54 bits per heavy atom. The molecule has 26 heavy (non-hydrogen) atoms. The van der Waals surface area contributed by atoms with Gasteiger partial charge < -0.3 is 14.7 Å². The first-order valence-electron chi connectivity index (χ1n) is 9.53. The zero-order valence-corrected chi connectivity index (χ0v) is 16.6. The molecular weight excluding hydrogens is 350 g/mol. The van der Waals surface area contributed by atoms with Gasteiger partial charge in [0.1, 0.15) is 0 Å². The van der Waals surface area contributed by atoms with Gasteiger partial charge >= 0.3 is 0 Å². The van der Waals surface area contributed by atoms with E-state index in [4.69, 9.17) is 0 Å². The zero-order valence-electron chi connectivity index (χ0n) is 15.8. The highest BCUT2D eigenvalue weighted by molar-refractivity contribution is 7.91. The van der Waals surface area contributed by atoms with Crippen molar-refractivity contribution in [2.45, 2.75) is 26.3 Å². The molecule has 0 aromatic heterocycles. The predicted molar refractivity (Wildman–Crippen MR) is 103 cm³/mol. The second-order valence-corrected chi connectivity index (χ2v) is 9.67. The lowest BCUT2D eigenvalue weighted by molar-refractivity contribution is -0.892. The number of aryl methyl sites for hydroxylation is 1. The fraction of sp³-hybridized carbons (Fsp3) is 0.632. The molecule has 1 amide bonds. The van der Waals surface area contributed by atoms with Crippen molar-refractivity contribution in [3.8, 4) is 0 Å². The monoisotopic (exact) mass is 380 g/mol. The number of hydrogen-bond acceptors (Lipinski definition) is 4. The summed E-state index contributed by atoms with van der Waals surface area (Å²) in [4.78, 5) is 18.2. The number of likely N-dealkylation sites (N-methyl/N-ethyl adjacent to an activating group) is 1. The van der Waals surface area contributed by atoms with Gasteiger partial charge in [-0.3, -0.25) is 4.79 Å². The Labute approximate surface area is 156 Å². The topological polar surface area (TPSA) is 62.1 Å². The van der Waals surface area contributed by atoms with Crippen LogP contribution in [0.5, 0.6) is 0 Å². The predicted octanol–water partition coefficient (Wildman–Crippen LogP) is -0.264. The van der Waals surface area contributed by atoms with E-state index in [0.29, 0.717) is 19.5 Å². The Hall–Kier alpha value is -1.60. The quantitative estimate of drug-likeness (QED) is 0.764. The van der Waals surface area contributed by atoms with Gasteiger partial charge in [0, 0.05) is 18.3 Å². The van der Waals surface area contributed by atoms with Crippen LogP contribution in [0.25, 0.3) is 0 Å². The van der Waals surface area contributed by atoms with E-state index in [1.807, 2.05) is 6.92 Å². The Kier molecular flexibility index (Phi) is 5.87. The van der Waals surface area contributed by atoms with Crippen LogP contribution in [-0.4, -0.2) is 76.0 Å². The van der Waals surface area contributed by atoms with Gasteiger partial charge in [-0.2, -0.15) is 0 Å². The molecule has 0 aliphatic carbocycles. The summed E-state index contributed by atoms with van der Waals surface area (Å²) in [6.07, 6.45) is 0.582. The minimum atomic E-state index is -2.97. The number of quaternary nitrogens is 1. The summed E-state index contributed by atoms with van der Waals surface area (Å²) in [5.41, 5.74) is 2.57. The second kappa shape index (κ2) is 7.96. The molecule has 2 aliphatic heterocycles. The lowest BCUT2D eigenvalue weighted by Crippen LogP contribution is -3.16. The first-order valence-corrected chi connectivity index (χ1v) is 11.4. The van der Waals surface area contributed by atoms with Crippen LogP contribution in [0.4, 0.5) is 5.69 Å². The maximum absolute atomic E-state index is 12.7. The van der Waals surface area contributed by atoms with E-state index in [1.165, 1.54) is 16.2 Å². The van der Waals surface area contributed by atoms with E-state index in [9.17, 15) is 13.2 Å². The Morgan fingerprint density at radius 2 is 1.96 bits per heavy atom. The summed E-state index contributed by atoms with van der Waals surface area (Å²) in [5, 5.41) is 0. The molecule has 0 unspecified atom stereocenters. The van der Waals surface area contributed by atoms with Crippen molar-refractivity contribution >= 4 is 21.4 Å². The third-order valence-electron chi connectivity index (χ3n) is 5.64. The average molecular weight is 381 g/mol. The maximum atomic E-state index is 12.7. The van der Waals surface area contributed by atoms with Gasteiger partial charge in [-0.05, 0) is 31.9 Å². The molecule has 2 heterocycles. The molecule has 0 spiro atoms. The first kappa shape index (κ1) is 19.2. The highest BCUT2D eigenvalue weighted by Gasteiger charge is 2.35. The number of amides is 1. The normalized spacial score (nSPS) is 23.2. The summed E-state index contributed by atoms with van der Waals surface area (Å²) < 4.78 is 23.4. The average Bonchev–Trinajstić information content (AvgIpc) is 2.96. The first-order chi connectivity index (χ1) is 12.4. The van der Waals surface area contributed by atoms with Crippen LogP contribution < -0.4 is 9.80 Å². The molecule has 0 bridgehead atoms. The van der Waals surface area contributed by atoms with Gasteiger partial charge in [0.15, 0.2) is 16.4 Å². The molecule has 6 nitrogen and oxygen atoms in total. The number of rotatable bonds is 5. The van der Waals surface area contributed by atoms with Gasteiger partial charge in [0.25, 0.3) is 5.91 Å². The van der Waals surface area contributed by atoms with Crippen molar-refractivity contribution in [1.82, 2.24) is 4.90 Å². The van der Waals surface area contributed by atoms with E-state index in [-0.39, 0.29) is 23.5 Å². The number of benzene rings is 1. The van der Waals surface area contributed by atoms with Crippen LogP contribution in [0.3, 0.4) is 0 Å². The highest BCUT2D eigenvalue weighted by atomic mass is 32.2. The Balaban J connectivity index is 1.53. The molecule has 144 valence electrons. The fourth-order valence-corrected chi connectivity index (χ4v) is 5.86. The highest BCUT2D eigenvalue weighted by Crippen LogP contribution is 2.19. The number of nitrogens with zero attached hydrogens (tertiary/aromatic N) is 2. The van der Waals surface area contributed by atoms with E-state index >= 15 is 0 Å². The van der Waals surface area contributed by atoms with Crippen molar-refractivity contribution in [2.24, 2.45) is 0 Å². The number of hydrogen-bond donors (Lipinski definition) is 1. The van der Waals surface area contributed by atoms with Gasteiger partial charge in [-0.1, -0.05) is 18.2 Å². The van der Waals surface area contributed by atoms with Gasteiger partial charge in [0.05, 0.1) is 37.7 Å². The largest absolute Gasteiger partial charge is 0.360 e. The van der Waals surface area contributed by atoms with Crippen LogP contribution in [0, 0.1) is 6.92 Å². The van der Waals surface area contributed by atoms with Gasteiger partial charge in [-0.25, -0.2) is 8.42 Å². The van der Waals surface area contributed by atoms with Crippen LogP contribution >= 0.6 is 0 Å². The standard InChI is InChI=1S/C19H29N3O3S/c1-3-22(17-8-13-26(24,25)15-17)19(23)14-20-9-11-21(12-10-20)18-7-5-4-6-16(18)2/h4-7,17H,3,8-15H2,1-2H3/p+1/t17-/m0/s1. The third kappa shape index (κ3) is 4.38. The summed E-state index contributed by atoms with van der Waals surface area (Å²) >= 11 is 0. The molecule has 1 N–H and O–H groups in total. The fourth-order valence-electron chi connectivity index (χ4n) is 4.13. The molecule has 2 saturated heterocycles. The lowest BCUT2D eigenvalue weighted by Gasteiger charge is -2.35. The van der Waals surface area contributed by atoms with E-state index < -0.39 is 9.84 Å². The number of piperazine rings is 1. The van der Waals surface area contributed by atoms with Crippen molar-refractivity contribution in [3.05, 3.63) is 29.8 Å². The van der Waals surface area contributed by atoms with E-state index in [2.05, 4.69) is 36.1 Å². The minimum Gasteiger partial charge on any atom is -0.360 e.